The van der Waals surface area contributed by atoms with Crippen LogP contribution in [0.15, 0.2) is 36.7 Å². The molecule has 0 saturated carbocycles. The minimum Gasteiger partial charge on any atom is -0.377 e. The molecular formula is C18H21N5O2. The highest BCUT2D eigenvalue weighted by atomic mass is 16.5. The minimum absolute atomic E-state index is 0.132. The van der Waals surface area contributed by atoms with Crippen molar-refractivity contribution in [3.05, 3.63) is 42.5 Å². The highest BCUT2D eigenvalue weighted by molar-refractivity contribution is 5.74. The summed E-state index contributed by atoms with van der Waals surface area (Å²) in [6.45, 7) is 1.96. The second-order valence-electron chi connectivity index (χ2n) is 5.69. The van der Waals surface area contributed by atoms with Crippen LogP contribution in [0.1, 0.15) is 24.7 Å². The van der Waals surface area contributed by atoms with E-state index in [2.05, 4.69) is 21.3 Å². The van der Waals surface area contributed by atoms with Crippen molar-refractivity contribution < 1.29 is 9.53 Å². The van der Waals surface area contributed by atoms with E-state index in [0.717, 1.165) is 12.1 Å². The molecule has 0 radical (unpaired) electrons. The molecule has 1 aliphatic rings. The fraction of sp³-hybridized carbons (Fsp3) is 0.389. The number of nitrogens with one attached hydrogen (secondary N) is 1. The van der Waals surface area contributed by atoms with Crippen LogP contribution in [0.25, 0.3) is 5.69 Å². The molecule has 1 atom stereocenters. The molecule has 3 rings (SSSR count). The zero-order valence-corrected chi connectivity index (χ0v) is 14.0. The Morgan fingerprint density at radius 1 is 1.40 bits per heavy atom. The Hall–Kier alpha value is -2.85. The molecule has 0 bridgehead atoms. The van der Waals surface area contributed by atoms with E-state index in [1.807, 2.05) is 30.3 Å². The molecule has 7 heteroatoms. The number of urea groups is 1. The molecule has 25 heavy (non-hydrogen) atoms. The first-order chi connectivity index (χ1) is 12.3. The summed E-state index contributed by atoms with van der Waals surface area (Å²) in [5.74, 6) is 3.26. The minimum atomic E-state index is -0.288. The smallest absolute Gasteiger partial charge is 0.318 e. The number of ether oxygens (including phenoxy) is 1. The van der Waals surface area contributed by atoms with E-state index >= 15 is 0 Å². The van der Waals surface area contributed by atoms with Gasteiger partial charge >= 0.3 is 6.03 Å². The summed E-state index contributed by atoms with van der Waals surface area (Å²) < 4.78 is 7.34. The largest absolute Gasteiger partial charge is 0.377 e. The van der Waals surface area contributed by atoms with Gasteiger partial charge in [-0.15, -0.1) is 12.3 Å². The number of benzene rings is 1. The SMILES string of the molecule is C#CCCCNC(=O)N1CCOCC1c1ncnn1-c1ccccc1. The molecule has 1 saturated heterocycles. The number of para-hydroxylation sites is 1. The fourth-order valence-corrected chi connectivity index (χ4v) is 2.79. The normalized spacial score (nSPS) is 17.1. The predicted octanol–water partition coefficient (Wildman–Crippen LogP) is 1.76. The first-order valence-corrected chi connectivity index (χ1v) is 8.32. The third-order valence-corrected chi connectivity index (χ3v) is 4.04. The number of morpholine rings is 1. The van der Waals surface area contributed by atoms with Gasteiger partial charge in [-0.05, 0) is 18.6 Å². The van der Waals surface area contributed by atoms with Gasteiger partial charge in [-0.1, -0.05) is 18.2 Å². The molecule has 0 aliphatic carbocycles. The molecule has 7 nitrogen and oxygen atoms in total. The van der Waals surface area contributed by atoms with E-state index in [0.29, 0.717) is 38.5 Å². The van der Waals surface area contributed by atoms with Gasteiger partial charge in [0.2, 0.25) is 0 Å². The number of aromatic nitrogens is 3. The van der Waals surface area contributed by atoms with Crippen molar-refractivity contribution in [3.8, 4) is 18.0 Å². The topological polar surface area (TPSA) is 72.3 Å². The Morgan fingerprint density at radius 3 is 3.04 bits per heavy atom. The van der Waals surface area contributed by atoms with Gasteiger partial charge in [0.05, 0.1) is 18.9 Å². The molecule has 2 aromatic rings. The maximum Gasteiger partial charge on any atom is 0.318 e. The van der Waals surface area contributed by atoms with Gasteiger partial charge in [0, 0.05) is 19.5 Å². The lowest BCUT2D eigenvalue weighted by molar-refractivity contribution is 0.00794. The number of hydrogen-bond acceptors (Lipinski definition) is 4. The number of terminal acetylenes is 1. The lowest BCUT2D eigenvalue weighted by Crippen LogP contribution is -2.49. The Morgan fingerprint density at radius 2 is 2.24 bits per heavy atom. The van der Waals surface area contributed by atoms with Crippen LogP contribution in [0, 0.1) is 12.3 Å². The van der Waals surface area contributed by atoms with Crippen LogP contribution >= 0.6 is 0 Å². The fourth-order valence-electron chi connectivity index (χ4n) is 2.79. The zero-order chi connectivity index (χ0) is 17.5. The summed E-state index contributed by atoms with van der Waals surface area (Å²) in [5.41, 5.74) is 0.898. The number of carbonyl (C=O) groups is 1. The number of hydrogen-bond donors (Lipinski definition) is 1. The lowest BCUT2D eigenvalue weighted by atomic mass is 10.2. The van der Waals surface area contributed by atoms with Crippen LogP contribution in [0.4, 0.5) is 4.79 Å². The molecular weight excluding hydrogens is 318 g/mol. The highest BCUT2D eigenvalue weighted by Crippen LogP contribution is 2.24. The molecule has 1 unspecified atom stereocenters. The van der Waals surface area contributed by atoms with Crippen molar-refractivity contribution in [1.82, 2.24) is 25.0 Å². The molecule has 1 fully saturated rings. The van der Waals surface area contributed by atoms with Crippen molar-refractivity contribution in [2.45, 2.75) is 18.9 Å². The Kier molecular flexibility index (Phi) is 5.65. The highest BCUT2D eigenvalue weighted by Gasteiger charge is 2.32. The van der Waals surface area contributed by atoms with E-state index in [4.69, 9.17) is 11.2 Å². The standard InChI is InChI=1S/C18H21N5O2/c1-2-3-7-10-19-18(24)22-11-12-25-13-16(22)17-20-14-21-23(17)15-8-5-4-6-9-15/h1,4-6,8-9,14,16H,3,7,10-13H2,(H,19,24). The van der Waals surface area contributed by atoms with Crippen molar-refractivity contribution >= 4 is 6.03 Å². The van der Waals surface area contributed by atoms with E-state index in [-0.39, 0.29) is 12.1 Å². The Labute approximate surface area is 147 Å². The second-order valence-corrected chi connectivity index (χ2v) is 5.69. The van der Waals surface area contributed by atoms with Gasteiger partial charge in [0.1, 0.15) is 12.4 Å². The number of carbonyl (C=O) groups excluding carboxylic acids is 1. The summed E-state index contributed by atoms with van der Waals surface area (Å²) >= 11 is 0. The van der Waals surface area contributed by atoms with Crippen LogP contribution in [0.5, 0.6) is 0 Å². The van der Waals surface area contributed by atoms with E-state index in [9.17, 15) is 4.79 Å². The van der Waals surface area contributed by atoms with Gasteiger partial charge in [-0.25, -0.2) is 14.5 Å². The first-order valence-electron chi connectivity index (χ1n) is 8.32. The maximum absolute atomic E-state index is 12.6. The number of unbranched alkanes of at least 4 members (excludes halogenated alkanes) is 1. The van der Waals surface area contributed by atoms with Crippen LogP contribution in [-0.2, 0) is 4.74 Å². The van der Waals surface area contributed by atoms with Crippen LogP contribution < -0.4 is 5.32 Å². The van der Waals surface area contributed by atoms with Gasteiger partial charge in [0.15, 0.2) is 5.82 Å². The molecule has 2 heterocycles. The van der Waals surface area contributed by atoms with Gasteiger partial charge in [0.25, 0.3) is 0 Å². The summed E-state index contributed by atoms with van der Waals surface area (Å²) in [5, 5.41) is 7.23. The van der Waals surface area contributed by atoms with Crippen molar-refractivity contribution in [2.24, 2.45) is 0 Å². The predicted molar refractivity (Wildman–Crippen MR) is 93.1 cm³/mol. The van der Waals surface area contributed by atoms with Gasteiger partial charge in [-0.2, -0.15) is 5.10 Å². The van der Waals surface area contributed by atoms with Gasteiger partial charge < -0.3 is 15.0 Å². The van der Waals surface area contributed by atoms with Crippen molar-refractivity contribution in [1.29, 1.82) is 0 Å². The third kappa shape index (κ3) is 3.98. The zero-order valence-electron chi connectivity index (χ0n) is 14.0. The summed E-state index contributed by atoms with van der Waals surface area (Å²) in [7, 11) is 0. The average Bonchev–Trinajstić information content (AvgIpc) is 3.15. The van der Waals surface area contributed by atoms with Crippen LogP contribution in [-0.4, -0.2) is 52.0 Å². The van der Waals surface area contributed by atoms with E-state index in [1.54, 1.807) is 9.58 Å². The quantitative estimate of drug-likeness (QED) is 0.665. The van der Waals surface area contributed by atoms with Crippen LogP contribution in [0.3, 0.4) is 0 Å². The Bertz CT molecular complexity index is 737. The summed E-state index contributed by atoms with van der Waals surface area (Å²) in [4.78, 5) is 18.7. The molecule has 1 N–H and O–H groups in total. The molecule has 1 aliphatic heterocycles. The first kappa shape index (κ1) is 17.0. The average molecular weight is 339 g/mol. The molecule has 1 aromatic carbocycles. The van der Waals surface area contributed by atoms with Gasteiger partial charge in [-0.3, -0.25) is 0 Å². The van der Waals surface area contributed by atoms with Crippen molar-refractivity contribution in [2.75, 3.05) is 26.3 Å². The molecule has 2 amide bonds. The second kappa shape index (κ2) is 8.31. The molecule has 130 valence electrons. The summed E-state index contributed by atoms with van der Waals surface area (Å²) in [6.07, 6.45) is 8.15. The van der Waals surface area contributed by atoms with E-state index in [1.165, 1.54) is 6.33 Å². The Balaban J connectivity index is 1.77. The summed E-state index contributed by atoms with van der Waals surface area (Å²) in [6, 6.07) is 9.30. The molecule has 0 spiro atoms. The van der Waals surface area contributed by atoms with Crippen LogP contribution in [0.2, 0.25) is 0 Å². The number of amides is 2. The number of nitrogens with zero attached hydrogens (tertiary/aromatic N) is 4. The monoisotopic (exact) mass is 339 g/mol. The maximum atomic E-state index is 12.6. The number of rotatable bonds is 5. The van der Waals surface area contributed by atoms with Crippen molar-refractivity contribution in [3.63, 3.8) is 0 Å². The lowest BCUT2D eigenvalue weighted by Gasteiger charge is -2.34. The third-order valence-electron chi connectivity index (χ3n) is 4.04. The molecule has 1 aromatic heterocycles. The van der Waals surface area contributed by atoms with E-state index < -0.39 is 0 Å².